The van der Waals surface area contributed by atoms with Crippen LogP contribution in [-0.2, 0) is 28.8 Å². The second-order valence-corrected chi connectivity index (χ2v) is 6.37. The Bertz CT molecular complexity index is 725. The fourth-order valence-corrected chi connectivity index (χ4v) is 2.91. The van der Waals surface area contributed by atoms with Crippen LogP contribution in [0.3, 0.4) is 0 Å². The smallest absolute Gasteiger partial charge is 0.330 e. The average molecular weight is 353 g/mol. The third-order valence-electron chi connectivity index (χ3n) is 4.31. The zero-order valence-corrected chi connectivity index (χ0v) is 15.2. The molecule has 0 aromatic heterocycles. The van der Waals surface area contributed by atoms with Crippen molar-refractivity contribution in [2.75, 3.05) is 13.7 Å². The maximum absolute atomic E-state index is 10.9. The van der Waals surface area contributed by atoms with Gasteiger partial charge in [-0.1, -0.05) is 48.5 Å². The van der Waals surface area contributed by atoms with Crippen LogP contribution in [-0.4, -0.2) is 30.8 Å². The van der Waals surface area contributed by atoms with Crippen LogP contribution in [0, 0.1) is 0 Å². The van der Waals surface area contributed by atoms with E-state index in [-0.39, 0.29) is 18.6 Å². The van der Waals surface area contributed by atoms with Gasteiger partial charge in [0.15, 0.2) is 0 Å². The summed E-state index contributed by atoms with van der Waals surface area (Å²) in [6.07, 6.45) is 7.60. The Balaban J connectivity index is 0.000000197. The summed E-state index contributed by atoms with van der Waals surface area (Å²) >= 11 is 0. The Kier molecular flexibility index (Phi) is 8.06. The lowest BCUT2D eigenvalue weighted by Gasteiger charge is -2.06. The number of aryl methyl sites for hydroxylation is 2. The number of carbonyl (C=O) groups excluding carboxylic acids is 1. The van der Waals surface area contributed by atoms with E-state index in [0.717, 1.165) is 18.4 Å². The van der Waals surface area contributed by atoms with Gasteiger partial charge in [0.05, 0.1) is 13.7 Å². The molecule has 0 heterocycles. The standard InChI is InChI=1S/C13H14O2.C9H13NO/c1-15-13(14)8-6-10-5-7-11-3-2-4-12(11)9-10;10-9(7-11)6-8-4-2-1-3-5-8/h5-9H,2-4H2,1H3;1-5,9,11H,6-7,10H2/b8-6+;. The molecule has 26 heavy (non-hydrogen) atoms. The molecule has 2 aromatic rings. The van der Waals surface area contributed by atoms with Crippen molar-refractivity contribution in [3.63, 3.8) is 0 Å². The van der Waals surface area contributed by atoms with Gasteiger partial charge in [-0.05, 0) is 54.0 Å². The van der Waals surface area contributed by atoms with E-state index < -0.39 is 0 Å². The van der Waals surface area contributed by atoms with Gasteiger partial charge in [-0.3, -0.25) is 0 Å². The fourth-order valence-electron chi connectivity index (χ4n) is 2.91. The Morgan fingerprint density at radius 2 is 1.92 bits per heavy atom. The zero-order valence-electron chi connectivity index (χ0n) is 15.2. The summed E-state index contributed by atoms with van der Waals surface area (Å²) in [5.74, 6) is -0.310. The molecule has 1 aliphatic carbocycles. The van der Waals surface area contributed by atoms with Crippen molar-refractivity contribution in [1.82, 2.24) is 0 Å². The number of esters is 1. The molecule has 0 fully saturated rings. The number of methoxy groups -OCH3 is 1. The molecular weight excluding hydrogens is 326 g/mol. The van der Waals surface area contributed by atoms with Gasteiger partial charge in [-0.15, -0.1) is 0 Å². The first-order valence-electron chi connectivity index (χ1n) is 8.90. The van der Waals surface area contributed by atoms with Crippen LogP contribution >= 0.6 is 0 Å². The number of ether oxygens (including phenoxy) is 1. The van der Waals surface area contributed by atoms with Gasteiger partial charge in [0.2, 0.25) is 0 Å². The monoisotopic (exact) mass is 353 g/mol. The first-order chi connectivity index (χ1) is 12.6. The number of benzene rings is 2. The number of carbonyl (C=O) groups is 1. The lowest BCUT2D eigenvalue weighted by Crippen LogP contribution is -2.26. The summed E-state index contributed by atoms with van der Waals surface area (Å²) < 4.78 is 4.54. The second-order valence-electron chi connectivity index (χ2n) is 6.37. The van der Waals surface area contributed by atoms with Gasteiger partial charge >= 0.3 is 5.97 Å². The van der Waals surface area contributed by atoms with Crippen LogP contribution < -0.4 is 5.73 Å². The molecule has 1 atom stereocenters. The first kappa shape index (κ1) is 19.9. The van der Waals surface area contributed by atoms with Crippen molar-refractivity contribution in [1.29, 1.82) is 0 Å². The van der Waals surface area contributed by atoms with Crippen molar-refractivity contribution < 1.29 is 14.6 Å². The molecule has 3 rings (SSSR count). The van der Waals surface area contributed by atoms with Gasteiger partial charge in [0, 0.05) is 12.1 Å². The van der Waals surface area contributed by atoms with Gasteiger partial charge < -0.3 is 15.6 Å². The number of rotatable bonds is 5. The Morgan fingerprint density at radius 1 is 1.19 bits per heavy atom. The SMILES string of the molecule is COC(=O)/C=C/c1ccc2c(c1)CCC2.NC(CO)Cc1ccccc1. The molecule has 0 spiro atoms. The quantitative estimate of drug-likeness (QED) is 0.640. The molecule has 0 amide bonds. The second kappa shape index (κ2) is 10.5. The van der Waals surface area contributed by atoms with Crippen molar-refractivity contribution >= 4 is 12.0 Å². The number of fused-ring (bicyclic) bond motifs is 1. The highest BCUT2D eigenvalue weighted by Gasteiger charge is 2.09. The van der Waals surface area contributed by atoms with Gasteiger partial charge in [0.1, 0.15) is 0 Å². The summed E-state index contributed by atoms with van der Waals surface area (Å²) in [5.41, 5.74) is 10.7. The molecule has 4 heteroatoms. The van der Waals surface area contributed by atoms with Crippen LogP contribution in [0.1, 0.15) is 28.7 Å². The normalized spacial score (nSPS) is 13.7. The van der Waals surface area contributed by atoms with Crippen molar-refractivity contribution in [3.8, 4) is 0 Å². The highest BCUT2D eigenvalue weighted by Crippen LogP contribution is 2.23. The lowest BCUT2D eigenvalue weighted by molar-refractivity contribution is -0.134. The van der Waals surface area contributed by atoms with Crippen LogP contribution in [0.15, 0.2) is 54.6 Å². The maximum atomic E-state index is 10.9. The molecule has 1 aliphatic rings. The van der Waals surface area contributed by atoms with Crippen molar-refractivity contribution in [2.24, 2.45) is 5.73 Å². The molecule has 2 aromatic carbocycles. The highest BCUT2D eigenvalue weighted by molar-refractivity contribution is 5.86. The van der Waals surface area contributed by atoms with E-state index in [9.17, 15) is 4.79 Å². The molecule has 0 bridgehead atoms. The van der Waals surface area contributed by atoms with Crippen LogP contribution in [0.25, 0.3) is 6.08 Å². The minimum Gasteiger partial charge on any atom is -0.466 e. The number of hydrogen-bond acceptors (Lipinski definition) is 4. The highest BCUT2D eigenvalue weighted by atomic mass is 16.5. The van der Waals surface area contributed by atoms with E-state index in [1.807, 2.05) is 36.4 Å². The molecule has 0 radical (unpaired) electrons. The minimum atomic E-state index is -0.310. The third kappa shape index (κ3) is 6.47. The van der Waals surface area contributed by atoms with Gasteiger partial charge in [-0.25, -0.2) is 4.79 Å². The number of aliphatic hydroxyl groups excluding tert-OH is 1. The number of nitrogens with two attached hydrogens (primary N) is 1. The summed E-state index contributed by atoms with van der Waals surface area (Å²) in [4.78, 5) is 10.9. The predicted molar refractivity (Wildman–Crippen MR) is 105 cm³/mol. The molecule has 138 valence electrons. The summed E-state index contributed by atoms with van der Waals surface area (Å²) in [6, 6.07) is 16.2. The first-order valence-corrected chi connectivity index (χ1v) is 8.90. The molecule has 0 saturated carbocycles. The van der Waals surface area contributed by atoms with E-state index in [1.54, 1.807) is 6.08 Å². The Morgan fingerprint density at radius 3 is 2.62 bits per heavy atom. The van der Waals surface area contributed by atoms with Crippen LogP contribution in [0.2, 0.25) is 0 Å². The molecular formula is C22H27NO3. The largest absolute Gasteiger partial charge is 0.466 e. The molecule has 0 saturated heterocycles. The van der Waals surface area contributed by atoms with E-state index >= 15 is 0 Å². The van der Waals surface area contributed by atoms with Crippen molar-refractivity contribution in [2.45, 2.75) is 31.7 Å². The van der Waals surface area contributed by atoms with E-state index in [0.29, 0.717) is 0 Å². The summed E-state index contributed by atoms with van der Waals surface area (Å²) in [5, 5.41) is 8.67. The maximum Gasteiger partial charge on any atom is 0.330 e. The fraction of sp³-hybridized carbons (Fsp3) is 0.318. The number of hydrogen-bond donors (Lipinski definition) is 2. The summed E-state index contributed by atoms with van der Waals surface area (Å²) in [7, 11) is 1.38. The Hall–Kier alpha value is -2.43. The Labute approximate surface area is 155 Å². The van der Waals surface area contributed by atoms with E-state index in [1.165, 1.54) is 42.7 Å². The zero-order chi connectivity index (χ0) is 18.8. The van der Waals surface area contributed by atoms with E-state index in [2.05, 4.69) is 16.9 Å². The predicted octanol–water partition coefficient (Wildman–Crippen LogP) is 2.91. The third-order valence-corrected chi connectivity index (χ3v) is 4.31. The van der Waals surface area contributed by atoms with Gasteiger partial charge in [0.25, 0.3) is 0 Å². The average Bonchev–Trinajstić information content (AvgIpc) is 3.15. The molecule has 1 unspecified atom stereocenters. The van der Waals surface area contributed by atoms with Crippen LogP contribution in [0.5, 0.6) is 0 Å². The topological polar surface area (TPSA) is 72.5 Å². The van der Waals surface area contributed by atoms with E-state index in [4.69, 9.17) is 10.8 Å². The molecule has 4 nitrogen and oxygen atoms in total. The van der Waals surface area contributed by atoms with Crippen molar-refractivity contribution in [3.05, 3.63) is 76.9 Å². The minimum absolute atomic E-state index is 0.0505. The number of aliphatic hydroxyl groups is 1. The lowest BCUT2D eigenvalue weighted by atomic mass is 10.1. The van der Waals surface area contributed by atoms with Gasteiger partial charge in [-0.2, -0.15) is 0 Å². The summed E-state index contributed by atoms with van der Waals surface area (Å²) in [6.45, 7) is 0.0505. The van der Waals surface area contributed by atoms with Crippen LogP contribution in [0.4, 0.5) is 0 Å². The molecule has 0 aliphatic heterocycles. The molecule has 3 N–H and O–H groups in total.